The maximum atomic E-state index is 13.6. The van der Waals surface area contributed by atoms with Crippen LogP contribution in [0.25, 0.3) is 0 Å². The molecule has 0 spiro atoms. The van der Waals surface area contributed by atoms with E-state index < -0.39 is 5.66 Å². The van der Waals surface area contributed by atoms with Gasteiger partial charge in [0.15, 0.2) is 23.0 Å². The number of hydrogen-bond donors (Lipinski definition) is 0. The van der Waals surface area contributed by atoms with E-state index in [0.29, 0.717) is 36.9 Å². The molecule has 2 aliphatic rings. The molecule has 5 rings (SSSR count). The van der Waals surface area contributed by atoms with Crippen LogP contribution in [0.5, 0.6) is 11.5 Å². The van der Waals surface area contributed by atoms with E-state index in [-0.39, 0.29) is 5.78 Å². The van der Waals surface area contributed by atoms with E-state index in [2.05, 4.69) is 24.0 Å². The molecule has 0 aliphatic carbocycles. The molecule has 0 fully saturated rings. The summed E-state index contributed by atoms with van der Waals surface area (Å²) in [5, 5.41) is 6.91. The topological polar surface area (TPSA) is 54.4 Å². The Labute approximate surface area is 200 Å². The minimum atomic E-state index is -0.689. The zero-order valence-electron chi connectivity index (χ0n) is 19.8. The fourth-order valence-corrected chi connectivity index (χ4v) is 4.93. The van der Waals surface area contributed by atoms with Gasteiger partial charge in [-0.3, -0.25) is 4.79 Å². The number of fused-ring (bicyclic) bond motifs is 3. The van der Waals surface area contributed by atoms with Crippen LogP contribution in [0.2, 0.25) is 0 Å². The van der Waals surface area contributed by atoms with Crippen molar-refractivity contribution >= 4 is 17.3 Å². The van der Waals surface area contributed by atoms with Crippen LogP contribution in [-0.2, 0) is 12.1 Å². The van der Waals surface area contributed by atoms with Crippen molar-refractivity contribution in [2.45, 2.75) is 32.9 Å². The molecule has 0 unspecified atom stereocenters. The van der Waals surface area contributed by atoms with Gasteiger partial charge in [0.2, 0.25) is 5.78 Å². The van der Waals surface area contributed by atoms with Crippen LogP contribution in [0.1, 0.15) is 42.3 Å². The lowest BCUT2D eigenvalue weighted by Gasteiger charge is -2.46. The number of carbonyl (C=O) groups is 1. The van der Waals surface area contributed by atoms with Crippen molar-refractivity contribution in [2.24, 2.45) is 5.10 Å². The van der Waals surface area contributed by atoms with E-state index in [9.17, 15) is 4.79 Å². The Morgan fingerprint density at radius 1 is 0.941 bits per heavy atom. The molecule has 0 aromatic heterocycles. The molecule has 6 nitrogen and oxygen atoms in total. The molecule has 0 saturated heterocycles. The highest BCUT2D eigenvalue weighted by Gasteiger charge is 2.52. The van der Waals surface area contributed by atoms with Crippen molar-refractivity contribution in [1.29, 1.82) is 0 Å². The standard InChI is InChI=1S/C28H29N3O3/c1-4-33-24-18-21-16-17-30-27(26(32)20-12-8-6-9-13-20)29-31(22-14-10-7-11-15-22)28(30,3)23(21)19-25(24)34-5-2/h6-15,18-19H,4-5,16-17H2,1-3H3/t28-/m1/s1. The lowest BCUT2D eigenvalue weighted by molar-refractivity contribution is 0.103. The molecule has 0 N–H and O–H groups in total. The molecule has 174 valence electrons. The molecule has 2 heterocycles. The van der Waals surface area contributed by atoms with E-state index >= 15 is 0 Å². The first-order chi connectivity index (χ1) is 16.6. The number of ketones is 1. The number of amidine groups is 1. The van der Waals surface area contributed by atoms with Crippen molar-refractivity contribution in [2.75, 3.05) is 24.8 Å². The fourth-order valence-electron chi connectivity index (χ4n) is 4.93. The number of nitrogens with zero attached hydrogens (tertiary/aromatic N) is 3. The molecule has 6 heteroatoms. The van der Waals surface area contributed by atoms with Gasteiger partial charge in [-0.2, -0.15) is 0 Å². The summed E-state index contributed by atoms with van der Waals surface area (Å²) in [4.78, 5) is 15.7. The van der Waals surface area contributed by atoms with Crippen molar-refractivity contribution in [3.05, 3.63) is 89.5 Å². The minimum Gasteiger partial charge on any atom is -0.490 e. The molecule has 34 heavy (non-hydrogen) atoms. The summed E-state index contributed by atoms with van der Waals surface area (Å²) >= 11 is 0. The summed E-state index contributed by atoms with van der Waals surface area (Å²) in [6.07, 6.45) is 0.779. The quantitative estimate of drug-likeness (QED) is 0.457. The largest absolute Gasteiger partial charge is 0.490 e. The van der Waals surface area contributed by atoms with E-state index in [1.54, 1.807) is 0 Å². The maximum absolute atomic E-state index is 13.6. The summed E-state index contributed by atoms with van der Waals surface area (Å²) in [6, 6.07) is 23.5. The molecule has 3 aromatic rings. The summed E-state index contributed by atoms with van der Waals surface area (Å²) in [7, 11) is 0. The smallest absolute Gasteiger partial charge is 0.229 e. The SMILES string of the molecule is CCOc1cc2c(cc1OCC)[C@]1(C)N(CC2)C(C(=O)c2ccccc2)=NN1c1ccccc1. The number of benzene rings is 3. The number of hydrogen-bond acceptors (Lipinski definition) is 6. The van der Waals surface area contributed by atoms with Crippen LogP contribution in [0.3, 0.4) is 0 Å². The summed E-state index contributed by atoms with van der Waals surface area (Å²) < 4.78 is 11.9. The number of hydrazone groups is 1. The molecule has 0 radical (unpaired) electrons. The average molecular weight is 456 g/mol. The Morgan fingerprint density at radius 3 is 2.21 bits per heavy atom. The van der Waals surface area contributed by atoms with Crippen LogP contribution in [0, 0.1) is 0 Å². The zero-order valence-corrected chi connectivity index (χ0v) is 19.8. The van der Waals surface area contributed by atoms with Gasteiger partial charge in [0.1, 0.15) is 0 Å². The third-order valence-electron chi connectivity index (χ3n) is 6.51. The van der Waals surface area contributed by atoms with Gasteiger partial charge in [0, 0.05) is 17.7 Å². The average Bonchev–Trinajstić information content (AvgIpc) is 3.19. The maximum Gasteiger partial charge on any atom is 0.229 e. The molecule has 2 aliphatic heterocycles. The Balaban J connectivity index is 1.67. The van der Waals surface area contributed by atoms with Gasteiger partial charge in [-0.15, -0.1) is 5.10 Å². The van der Waals surface area contributed by atoms with Crippen LogP contribution in [-0.4, -0.2) is 36.3 Å². The van der Waals surface area contributed by atoms with Gasteiger partial charge in [-0.1, -0.05) is 48.5 Å². The Kier molecular flexibility index (Phi) is 5.74. The highest BCUT2D eigenvalue weighted by Crippen LogP contribution is 2.48. The first-order valence-corrected chi connectivity index (χ1v) is 11.8. The predicted octanol–water partition coefficient (Wildman–Crippen LogP) is 5.23. The van der Waals surface area contributed by atoms with Crippen molar-refractivity contribution in [1.82, 2.24) is 4.90 Å². The zero-order chi connectivity index (χ0) is 23.7. The molecular formula is C28H29N3O3. The Morgan fingerprint density at radius 2 is 1.56 bits per heavy atom. The Bertz CT molecular complexity index is 1230. The molecule has 3 aromatic carbocycles. The Hall–Kier alpha value is -3.80. The third kappa shape index (κ3) is 3.50. The lowest BCUT2D eigenvalue weighted by atomic mass is 9.86. The van der Waals surface area contributed by atoms with Crippen molar-refractivity contribution in [3.63, 3.8) is 0 Å². The lowest BCUT2D eigenvalue weighted by Crippen LogP contribution is -2.55. The fraction of sp³-hybridized carbons (Fsp3) is 0.286. The van der Waals surface area contributed by atoms with Gasteiger partial charge >= 0.3 is 0 Å². The van der Waals surface area contributed by atoms with E-state index in [4.69, 9.17) is 14.6 Å². The van der Waals surface area contributed by atoms with Crippen LogP contribution >= 0.6 is 0 Å². The van der Waals surface area contributed by atoms with Crippen LogP contribution in [0.4, 0.5) is 5.69 Å². The second-order valence-corrected chi connectivity index (χ2v) is 8.51. The normalized spacial score (nSPS) is 18.7. The predicted molar refractivity (Wildman–Crippen MR) is 134 cm³/mol. The molecule has 0 bridgehead atoms. The number of rotatable bonds is 7. The number of ether oxygens (including phenoxy) is 2. The second kappa shape index (κ2) is 8.86. The highest BCUT2D eigenvalue weighted by molar-refractivity contribution is 6.45. The third-order valence-corrected chi connectivity index (χ3v) is 6.51. The monoisotopic (exact) mass is 455 g/mol. The van der Waals surface area contributed by atoms with Crippen molar-refractivity contribution < 1.29 is 14.3 Å². The minimum absolute atomic E-state index is 0.0790. The number of anilines is 1. The number of Topliss-reactive ketones (excluding diaryl/α,β-unsaturated/α-hetero) is 1. The molecule has 0 amide bonds. The first kappa shape index (κ1) is 22.0. The summed E-state index contributed by atoms with van der Waals surface area (Å²) in [5.41, 5.74) is 3.10. The first-order valence-electron chi connectivity index (χ1n) is 11.8. The van der Waals surface area contributed by atoms with Gasteiger partial charge in [0.05, 0.1) is 18.9 Å². The number of para-hydroxylation sites is 1. The highest BCUT2D eigenvalue weighted by atomic mass is 16.5. The summed E-state index contributed by atoms with van der Waals surface area (Å²) in [6.45, 7) is 7.84. The van der Waals surface area contributed by atoms with E-state index in [0.717, 1.165) is 23.4 Å². The molecular weight excluding hydrogens is 426 g/mol. The van der Waals surface area contributed by atoms with Crippen LogP contribution < -0.4 is 14.5 Å². The van der Waals surface area contributed by atoms with Gasteiger partial charge in [-0.25, -0.2) is 5.01 Å². The molecule has 1 atom stereocenters. The van der Waals surface area contributed by atoms with Crippen LogP contribution in [0.15, 0.2) is 77.9 Å². The van der Waals surface area contributed by atoms with Crippen molar-refractivity contribution in [3.8, 4) is 11.5 Å². The summed E-state index contributed by atoms with van der Waals surface area (Å²) in [5.74, 6) is 1.84. The van der Waals surface area contributed by atoms with E-state index in [1.807, 2.05) is 79.5 Å². The van der Waals surface area contributed by atoms with E-state index in [1.165, 1.54) is 5.56 Å². The number of carbonyl (C=O) groups excluding carboxylic acids is 1. The molecule has 0 saturated carbocycles. The second-order valence-electron chi connectivity index (χ2n) is 8.51. The van der Waals surface area contributed by atoms with Gasteiger partial charge in [0.25, 0.3) is 0 Å². The van der Waals surface area contributed by atoms with Gasteiger partial charge in [-0.05, 0) is 57.0 Å². The van der Waals surface area contributed by atoms with Gasteiger partial charge < -0.3 is 14.4 Å².